The van der Waals surface area contributed by atoms with Gasteiger partial charge in [0, 0.05) is 6.42 Å². The summed E-state index contributed by atoms with van der Waals surface area (Å²) in [7, 11) is 0. The Hall–Kier alpha value is -1.10. The second-order valence-corrected chi connectivity index (χ2v) is 2.06. The maximum atomic E-state index is 10.7. The first kappa shape index (κ1) is 9.90. The Balaban J connectivity index is 3.88. The number of primary amides is 1. The van der Waals surface area contributed by atoms with Gasteiger partial charge in [-0.3, -0.25) is 9.59 Å². The quantitative estimate of drug-likeness (QED) is 0.460. The molecule has 0 aliphatic rings. The van der Waals surface area contributed by atoms with E-state index in [4.69, 9.17) is 10.8 Å². The van der Waals surface area contributed by atoms with Crippen LogP contribution in [0.5, 0.6) is 0 Å². The van der Waals surface area contributed by atoms with Crippen molar-refractivity contribution >= 4 is 11.8 Å². The zero-order valence-electron chi connectivity index (χ0n) is 6.33. The Morgan fingerprint density at radius 2 is 2.18 bits per heavy atom. The van der Waals surface area contributed by atoms with Gasteiger partial charge in [0.1, 0.15) is 6.04 Å². The fraction of sp³-hybridized carbons (Fsp3) is 0.667. The molecule has 0 aliphatic carbocycles. The molecule has 0 rings (SSSR count). The summed E-state index contributed by atoms with van der Waals surface area (Å²) in [4.78, 5) is 21.1. The van der Waals surface area contributed by atoms with Gasteiger partial charge in [-0.25, -0.2) is 0 Å². The second-order valence-electron chi connectivity index (χ2n) is 2.06. The van der Waals surface area contributed by atoms with Crippen LogP contribution in [0, 0.1) is 0 Å². The van der Waals surface area contributed by atoms with Crippen LogP contribution in [0.1, 0.15) is 13.3 Å². The van der Waals surface area contributed by atoms with E-state index >= 15 is 0 Å². The van der Waals surface area contributed by atoms with Gasteiger partial charge in [-0.1, -0.05) is 6.92 Å². The SMILES string of the molecule is CCC(=O)N[C@H](CO)C(N)=O. The lowest BCUT2D eigenvalue weighted by Gasteiger charge is -2.10. The molecule has 0 bridgehead atoms. The van der Waals surface area contributed by atoms with Gasteiger partial charge < -0.3 is 16.2 Å². The number of hydrogen-bond acceptors (Lipinski definition) is 3. The second kappa shape index (κ2) is 4.68. The molecule has 0 fully saturated rings. The van der Waals surface area contributed by atoms with Crippen molar-refractivity contribution < 1.29 is 14.7 Å². The minimum atomic E-state index is -0.956. The van der Waals surface area contributed by atoms with Crippen LogP contribution in [0.2, 0.25) is 0 Å². The van der Waals surface area contributed by atoms with Crippen LogP contribution in [0.15, 0.2) is 0 Å². The van der Waals surface area contributed by atoms with Crippen LogP contribution in [-0.4, -0.2) is 29.6 Å². The van der Waals surface area contributed by atoms with E-state index in [1.165, 1.54) is 0 Å². The highest BCUT2D eigenvalue weighted by Gasteiger charge is 2.14. The number of nitrogens with two attached hydrogens (primary N) is 1. The summed E-state index contributed by atoms with van der Waals surface area (Å²) in [6, 6.07) is -0.956. The van der Waals surface area contributed by atoms with Crippen molar-refractivity contribution in [3.63, 3.8) is 0 Å². The van der Waals surface area contributed by atoms with Crippen LogP contribution < -0.4 is 11.1 Å². The molecule has 0 saturated heterocycles. The third-order valence-electron chi connectivity index (χ3n) is 1.18. The van der Waals surface area contributed by atoms with E-state index in [-0.39, 0.29) is 12.3 Å². The van der Waals surface area contributed by atoms with Crippen molar-refractivity contribution in [2.45, 2.75) is 19.4 Å². The zero-order valence-corrected chi connectivity index (χ0v) is 6.33. The van der Waals surface area contributed by atoms with Gasteiger partial charge in [0.15, 0.2) is 0 Å². The predicted octanol–water partition coefficient (Wildman–Crippen LogP) is -1.64. The lowest BCUT2D eigenvalue weighted by molar-refractivity contribution is -0.128. The van der Waals surface area contributed by atoms with Gasteiger partial charge in [0.25, 0.3) is 0 Å². The molecule has 0 aromatic carbocycles. The Morgan fingerprint density at radius 3 is 2.45 bits per heavy atom. The number of hydrogen-bond donors (Lipinski definition) is 3. The van der Waals surface area contributed by atoms with Crippen molar-refractivity contribution in [1.29, 1.82) is 0 Å². The number of rotatable bonds is 4. The molecule has 0 saturated carbocycles. The van der Waals surface area contributed by atoms with E-state index in [1.54, 1.807) is 6.92 Å². The standard InChI is InChI=1S/C6H12N2O3/c1-2-5(10)8-4(3-9)6(7)11/h4,9H,2-3H2,1H3,(H2,7,11)(H,8,10)/t4-/m1/s1. The fourth-order valence-electron chi connectivity index (χ4n) is 0.503. The minimum Gasteiger partial charge on any atom is -0.394 e. The monoisotopic (exact) mass is 160 g/mol. The molecule has 1 atom stereocenters. The number of carbonyl (C=O) groups excluding carboxylic acids is 2. The van der Waals surface area contributed by atoms with Gasteiger partial charge in [-0.05, 0) is 0 Å². The summed E-state index contributed by atoms with van der Waals surface area (Å²) < 4.78 is 0. The summed E-state index contributed by atoms with van der Waals surface area (Å²) in [5.74, 6) is -1.03. The van der Waals surface area contributed by atoms with Gasteiger partial charge in [-0.15, -0.1) is 0 Å². The lowest BCUT2D eigenvalue weighted by Crippen LogP contribution is -2.46. The highest BCUT2D eigenvalue weighted by atomic mass is 16.3. The fourth-order valence-corrected chi connectivity index (χ4v) is 0.503. The molecular weight excluding hydrogens is 148 g/mol. The molecule has 0 radical (unpaired) electrons. The largest absolute Gasteiger partial charge is 0.394 e. The number of carbonyl (C=O) groups is 2. The number of aliphatic hydroxyl groups is 1. The molecule has 0 heterocycles. The Bertz CT molecular complexity index is 158. The molecule has 64 valence electrons. The summed E-state index contributed by atoms with van der Waals surface area (Å²) in [5, 5.41) is 10.8. The van der Waals surface area contributed by atoms with Crippen LogP contribution in [0.25, 0.3) is 0 Å². The first-order chi connectivity index (χ1) is 5.11. The Kier molecular flexibility index (Phi) is 4.21. The molecule has 2 amide bonds. The molecule has 0 aromatic rings. The smallest absolute Gasteiger partial charge is 0.242 e. The molecule has 5 heteroatoms. The topological polar surface area (TPSA) is 92.4 Å². The Labute approximate surface area is 64.6 Å². The van der Waals surface area contributed by atoms with Crippen LogP contribution in [-0.2, 0) is 9.59 Å². The van der Waals surface area contributed by atoms with E-state index in [0.29, 0.717) is 0 Å². The van der Waals surface area contributed by atoms with Crippen LogP contribution in [0.4, 0.5) is 0 Å². The van der Waals surface area contributed by atoms with Crippen molar-refractivity contribution in [2.75, 3.05) is 6.61 Å². The average Bonchev–Trinajstić information content (AvgIpc) is 1.99. The minimum absolute atomic E-state index is 0.268. The summed E-state index contributed by atoms with van der Waals surface area (Å²) in [5.41, 5.74) is 4.84. The van der Waals surface area contributed by atoms with E-state index in [0.717, 1.165) is 0 Å². The van der Waals surface area contributed by atoms with Gasteiger partial charge in [0.05, 0.1) is 6.61 Å². The van der Waals surface area contributed by atoms with Crippen molar-refractivity contribution in [3.05, 3.63) is 0 Å². The first-order valence-electron chi connectivity index (χ1n) is 3.31. The molecule has 5 nitrogen and oxygen atoms in total. The molecule has 11 heavy (non-hydrogen) atoms. The van der Waals surface area contributed by atoms with Crippen molar-refractivity contribution in [3.8, 4) is 0 Å². The maximum Gasteiger partial charge on any atom is 0.242 e. The highest BCUT2D eigenvalue weighted by molar-refractivity contribution is 5.86. The highest BCUT2D eigenvalue weighted by Crippen LogP contribution is 1.82. The van der Waals surface area contributed by atoms with Gasteiger partial charge in [-0.2, -0.15) is 0 Å². The number of aliphatic hydroxyl groups excluding tert-OH is 1. The van der Waals surface area contributed by atoms with Gasteiger partial charge >= 0.3 is 0 Å². The maximum absolute atomic E-state index is 10.7. The number of amides is 2. The normalized spacial score (nSPS) is 12.2. The van der Waals surface area contributed by atoms with E-state index in [2.05, 4.69) is 5.32 Å². The molecule has 0 aliphatic heterocycles. The van der Waals surface area contributed by atoms with Crippen LogP contribution >= 0.6 is 0 Å². The average molecular weight is 160 g/mol. The zero-order chi connectivity index (χ0) is 8.85. The molecule has 0 aromatic heterocycles. The molecular formula is C6H12N2O3. The summed E-state index contributed by atoms with van der Waals surface area (Å²) in [6.45, 7) is 1.19. The van der Waals surface area contributed by atoms with Crippen molar-refractivity contribution in [2.24, 2.45) is 5.73 Å². The number of nitrogens with one attached hydrogen (secondary N) is 1. The summed E-state index contributed by atoms with van der Waals surface area (Å²) in [6.07, 6.45) is 0.268. The predicted molar refractivity (Wildman–Crippen MR) is 38.5 cm³/mol. The van der Waals surface area contributed by atoms with Crippen molar-refractivity contribution in [1.82, 2.24) is 5.32 Å². The van der Waals surface area contributed by atoms with E-state index in [1.807, 2.05) is 0 Å². The third kappa shape index (κ3) is 3.57. The third-order valence-corrected chi connectivity index (χ3v) is 1.18. The summed E-state index contributed by atoms with van der Waals surface area (Å²) >= 11 is 0. The molecule has 0 unspecified atom stereocenters. The molecule has 4 N–H and O–H groups in total. The first-order valence-corrected chi connectivity index (χ1v) is 3.31. The molecule has 0 spiro atoms. The van der Waals surface area contributed by atoms with Gasteiger partial charge in [0.2, 0.25) is 11.8 Å². The lowest BCUT2D eigenvalue weighted by atomic mass is 10.3. The van der Waals surface area contributed by atoms with E-state index in [9.17, 15) is 9.59 Å². The van der Waals surface area contributed by atoms with Crippen LogP contribution in [0.3, 0.4) is 0 Å². The van der Waals surface area contributed by atoms with E-state index < -0.39 is 18.6 Å². The Morgan fingerprint density at radius 1 is 1.64 bits per heavy atom.